The van der Waals surface area contributed by atoms with Gasteiger partial charge in [-0.1, -0.05) is 0 Å². The first kappa shape index (κ1) is 7.35. The van der Waals surface area contributed by atoms with E-state index < -0.39 is 0 Å². The van der Waals surface area contributed by atoms with Gasteiger partial charge in [0.05, 0.1) is 12.3 Å². The maximum absolute atomic E-state index is 8.60. The molecule has 3 nitrogen and oxygen atoms in total. The monoisotopic (exact) mass is 162 g/mol. The lowest BCUT2D eigenvalue weighted by Crippen LogP contribution is -1.87. The van der Waals surface area contributed by atoms with E-state index in [-0.39, 0.29) is 5.92 Å². The van der Waals surface area contributed by atoms with Crippen LogP contribution in [-0.2, 0) is 0 Å². The summed E-state index contributed by atoms with van der Waals surface area (Å²) in [6, 6.07) is 2.10. The van der Waals surface area contributed by atoms with Gasteiger partial charge in [-0.3, -0.25) is 0 Å². The number of nitriles is 1. The van der Waals surface area contributed by atoms with Crippen molar-refractivity contribution in [3.8, 4) is 6.07 Å². The normalized spacial score (nSPS) is 18.7. The van der Waals surface area contributed by atoms with Crippen LogP contribution in [0.25, 0.3) is 0 Å². The highest BCUT2D eigenvalue weighted by atomic mass is 16.4. The second-order valence-corrected chi connectivity index (χ2v) is 3.23. The van der Waals surface area contributed by atoms with Gasteiger partial charge in [0.15, 0.2) is 0 Å². The van der Waals surface area contributed by atoms with Gasteiger partial charge in [-0.25, -0.2) is 4.98 Å². The Balaban J connectivity index is 2.18. The second-order valence-electron chi connectivity index (χ2n) is 3.23. The molecule has 1 unspecified atom stereocenters. The number of nitrogens with zero attached hydrogens (tertiary/aromatic N) is 2. The highest BCUT2D eigenvalue weighted by Crippen LogP contribution is 2.40. The van der Waals surface area contributed by atoms with Gasteiger partial charge in [0.2, 0.25) is 5.89 Å². The van der Waals surface area contributed by atoms with Crippen molar-refractivity contribution >= 4 is 0 Å². The summed E-state index contributed by atoms with van der Waals surface area (Å²) < 4.78 is 5.43. The summed E-state index contributed by atoms with van der Waals surface area (Å²) in [6.07, 6.45) is 4.16. The molecule has 1 heterocycles. The van der Waals surface area contributed by atoms with E-state index in [0.717, 1.165) is 5.76 Å². The molecule has 1 fully saturated rings. The van der Waals surface area contributed by atoms with Crippen molar-refractivity contribution in [3.05, 3.63) is 17.8 Å². The van der Waals surface area contributed by atoms with E-state index in [4.69, 9.17) is 9.68 Å². The molecule has 0 aliphatic heterocycles. The molecule has 1 saturated carbocycles. The van der Waals surface area contributed by atoms with Gasteiger partial charge in [-0.05, 0) is 19.8 Å². The highest BCUT2D eigenvalue weighted by molar-refractivity contribution is 5.12. The molecule has 0 amide bonds. The molecular weight excluding hydrogens is 152 g/mol. The van der Waals surface area contributed by atoms with Gasteiger partial charge >= 0.3 is 0 Å². The fourth-order valence-electron chi connectivity index (χ4n) is 1.11. The standard InChI is InChI=1S/C9H10N2O/c1-6(4-10)9-11-5-8(12-9)7-2-3-7/h5-7H,2-3H2,1H3. The zero-order chi connectivity index (χ0) is 8.55. The average molecular weight is 162 g/mol. The van der Waals surface area contributed by atoms with Crippen LogP contribution in [0.1, 0.15) is 43.3 Å². The Morgan fingerprint density at radius 1 is 1.75 bits per heavy atom. The van der Waals surface area contributed by atoms with Crippen LogP contribution in [0.15, 0.2) is 10.6 Å². The summed E-state index contributed by atoms with van der Waals surface area (Å²) in [5.41, 5.74) is 0. The van der Waals surface area contributed by atoms with Gasteiger partial charge in [0.1, 0.15) is 11.7 Å². The number of hydrogen-bond acceptors (Lipinski definition) is 3. The summed E-state index contributed by atoms with van der Waals surface area (Å²) in [7, 11) is 0. The van der Waals surface area contributed by atoms with Crippen LogP contribution in [0.4, 0.5) is 0 Å². The van der Waals surface area contributed by atoms with Gasteiger partial charge < -0.3 is 4.42 Å². The van der Waals surface area contributed by atoms with Crippen molar-refractivity contribution in [1.29, 1.82) is 5.26 Å². The number of oxazole rings is 1. The van der Waals surface area contributed by atoms with E-state index in [9.17, 15) is 0 Å². The van der Waals surface area contributed by atoms with Crippen LogP contribution >= 0.6 is 0 Å². The third-order valence-electron chi connectivity index (χ3n) is 2.09. The van der Waals surface area contributed by atoms with Crippen molar-refractivity contribution in [2.24, 2.45) is 0 Å². The van der Waals surface area contributed by atoms with Crippen LogP contribution in [0, 0.1) is 11.3 Å². The fraction of sp³-hybridized carbons (Fsp3) is 0.556. The SMILES string of the molecule is CC(C#N)c1ncc(C2CC2)o1. The molecule has 0 saturated heterocycles. The first-order chi connectivity index (χ1) is 5.81. The summed E-state index contributed by atoms with van der Waals surface area (Å²) in [4.78, 5) is 4.06. The Labute approximate surface area is 71.0 Å². The predicted molar refractivity (Wildman–Crippen MR) is 42.5 cm³/mol. The van der Waals surface area contributed by atoms with Gasteiger partial charge in [0.25, 0.3) is 0 Å². The summed E-state index contributed by atoms with van der Waals surface area (Å²) in [6.45, 7) is 1.79. The van der Waals surface area contributed by atoms with E-state index in [0.29, 0.717) is 11.8 Å². The van der Waals surface area contributed by atoms with Crippen LogP contribution in [0.5, 0.6) is 0 Å². The summed E-state index contributed by atoms with van der Waals surface area (Å²) in [5, 5.41) is 8.60. The zero-order valence-electron chi connectivity index (χ0n) is 6.95. The molecule has 3 heteroatoms. The van der Waals surface area contributed by atoms with Crippen molar-refractivity contribution in [2.45, 2.75) is 31.6 Å². The van der Waals surface area contributed by atoms with Crippen LogP contribution < -0.4 is 0 Å². The summed E-state index contributed by atoms with van der Waals surface area (Å²) in [5.74, 6) is 1.86. The molecule has 1 aliphatic rings. The lowest BCUT2D eigenvalue weighted by Gasteiger charge is -1.92. The molecular formula is C9H10N2O. The summed E-state index contributed by atoms with van der Waals surface area (Å²) >= 11 is 0. The van der Waals surface area contributed by atoms with Crippen LogP contribution in [0.2, 0.25) is 0 Å². The quantitative estimate of drug-likeness (QED) is 0.669. The van der Waals surface area contributed by atoms with Crippen molar-refractivity contribution in [2.75, 3.05) is 0 Å². The first-order valence-corrected chi connectivity index (χ1v) is 4.16. The van der Waals surface area contributed by atoms with Crippen LogP contribution in [0.3, 0.4) is 0 Å². The Bertz CT molecular complexity index is 320. The lowest BCUT2D eigenvalue weighted by molar-refractivity contribution is 0.449. The maximum Gasteiger partial charge on any atom is 0.211 e. The third kappa shape index (κ3) is 1.20. The first-order valence-electron chi connectivity index (χ1n) is 4.16. The Morgan fingerprint density at radius 2 is 2.50 bits per heavy atom. The fourth-order valence-corrected chi connectivity index (χ4v) is 1.11. The molecule has 0 spiro atoms. The predicted octanol–water partition coefficient (Wildman–Crippen LogP) is 2.18. The molecule has 0 radical (unpaired) electrons. The molecule has 62 valence electrons. The number of hydrogen-bond donors (Lipinski definition) is 0. The molecule has 0 N–H and O–H groups in total. The Kier molecular flexibility index (Phi) is 1.61. The second kappa shape index (κ2) is 2.63. The minimum Gasteiger partial charge on any atom is -0.444 e. The Morgan fingerprint density at radius 3 is 3.08 bits per heavy atom. The van der Waals surface area contributed by atoms with E-state index >= 15 is 0 Å². The Hall–Kier alpha value is -1.30. The number of rotatable bonds is 2. The molecule has 1 aromatic rings. The zero-order valence-corrected chi connectivity index (χ0v) is 6.95. The topological polar surface area (TPSA) is 49.8 Å². The number of aromatic nitrogens is 1. The van der Waals surface area contributed by atoms with Crippen molar-refractivity contribution in [3.63, 3.8) is 0 Å². The molecule has 12 heavy (non-hydrogen) atoms. The van der Waals surface area contributed by atoms with Gasteiger partial charge in [-0.2, -0.15) is 5.26 Å². The van der Waals surface area contributed by atoms with E-state index in [2.05, 4.69) is 11.1 Å². The average Bonchev–Trinajstić information content (AvgIpc) is 2.83. The van der Waals surface area contributed by atoms with E-state index in [1.807, 2.05) is 0 Å². The molecule has 2 rings (SSSR count). The van der Waals surface area contributed by atoms with Crippen LogP contribution in [-0.4, -0.2) is 4.98 Å². The highest BCUT2D eigenvalue weighted by Gasteiger charge is 2.28. The lowest BCUT2D eigenvalue weighted by atomic mass is 10.2. The molecule has 1 atom stereocenters. The maximum atomic E-state index is 8.60. The minimum atomic E-state index is -0.225. The molecule has 1 aliphatic carbocycles. The minimum absolute atomic E-state index is 0.225. The van der Waals surface area contributed by atoms with Crippen molar-refractivity contribution < 1.29 is 4.42 Å². The smallest absolute Gasteiger partial charge is 0.211 e. The molecule has 0 bridgehead atoms. The van der Waals surface area contributed by atoms with E-state index in [1.54, 1.807) is 13.1 Å². The molecule has 0 aromatic carbocycles. The van der Waals surface area contributed by atoms with Gasteiger partial charge in [-0.15, -0.1) is 0 Å². The third-order valence-corrected chi connectivity index (χ3v) is 2.09. The van der Waals surface area contributed by atoms with Crippen molar-refractivity contribution in [1.82, 2.24) is 4.98 Å². The molecule has 1 aromatic heterocycles. The van der Waals surface area contributed by atoms with Gasteiger partial charge in [0, 0.05) is 5.92 Å². The van der Waals surface area contributed by atoms with E-state index in [1.165, 1.54) is 12.8 Å². The largest absolute Gasteiger partial charge is 0.444 e.